The van der Waals surface area contributed by atoms with Crippen molar-refractivity contribution in [1.82, 2.24) is 0 Å². The van der Waals surface area contributed by atoms with Gasteiger partial charge in [0.2, 0.25) is 5.99 Å². The van der Waals surface area contributed by atoms with E-state index in [1.165, 1.54) is 18.4 Å². The van der Waals surface area contributed by atoms with Crippen LogP contribution in [0.1, 0.15) is 20.8 Å². The van der Waals surface area contributed by atoms with Crippen molar-refractivity contribution in [3.05, 3.63) is 0 Å². The molecule has 0 rings (SSSR count). The first kappa shape index (κ1) is 8.41. The molecule has 0 radical (unpaired) electrons. The Balaban J connectivity index is 3.07. The van der Waals surface area contributed by atoms with Gasteiger partial charge in [-0.2, -0.15) is 0 Å². The van der Waals surface area contributed by atoms with Gasteiger partial charge < -0.3 is 0 Å². The van der Waals surface area contributed by atoms with Gasteiger partial charge in [-0.25, -0.2) is 11.6 Å². The van der Waals surface area contributed by atoms with E-state index in [-0.39, 0.29) is 0 Å². The molecular formula is C6H15BS. The minimum atomic E-state index is 0.917. The third-order valence-electron chi connectivity index (χ3n) is 1.31. The molecule has 0 saturated heterocycles. The molecule has 0 atom stereocenters. The Bertz CT molecular complexity index is 43.8. The fourth-order valence-electron chi connectivity index (χ4n) is 0.760. The normalized spacial score (nSPS) is 9.38. The highest BCUT2D eigenvalue weighted by Crippen LogP contribution is 2.13. The van der Waals surface area contributed by atoms with Gasteiger partial charge in [0.25, 0.3) is 0 Å². The highest BCUT2D eigenvalue weighted by atomic mass is 32.2. The summed E-state index contributed by atoms with van der Waals surface area (Å²) < 4.78 is 0. The van der Waals surface area contributed by atoms with Crippen LogP contribution in [-0.2, 0) is 0 Å². The van der Waals surface area contributed by atoms with Crippen LogP contribution >= 0.6 is 11.6 Å². The molecule has 0 saturated carbocycles. The molecule has 0 amide bonds. The van der Waals surface area contributed by atoms with Gasteiger partial charge >= 0.3 is 0 Å². The van der Waals surface area contributed by atoms with Crippen LogP contribution in [0, 0.1) is 0 Å². The van der Waals surface area contributed by atoms with Crippen molar-refractivity contribution in [3.8, 4) is 0 Å². The van der Waals surface area contributed by atoms with Crippen molar-refractivity contribution in [1.29, 1.82) is 0 Å². The van der Waals surface area contributed by atoms with Crippen LogP contribution in [-0.4, -0.2) is 11.7 Å². The Morgan fingerprint density at radius 2 is 1.62 bits per heavy atom. The van der Waals surface area contributed by atoms with Crippen LogP contribution in [0.4, 0.5) is 0 Å². The summed E-state index contributed by atoms with van der Waals surface area (Å²) in [5, 5.41) is 0. The summed E-state index contributed by atoms with van der Waals surface area (Å²) in [6.07, 6.45) is 2.66. The van der Waals surface area contributed by atoms with Crippen molar-refractivity contribution in [2.45, 2.75) is 33.4 Å². The molecule has 0 N–H and O–H groups in total. The van der Waals surface area contributed by atoms with Crippen molar-refractivity contribution in [2.24, 2.45) is 0 Å². The van der Waals surface area contributed by atoms with Gasteiger partial charge in [0.15, 0.2) is 0 Å². The van der Waals surface area contributed by atoms with Gasteiger partial charge in [0.1, 0.15) is 0 Å². The molecule has 48 valence electrons. The zero-order chi connectivity index (χ0) is 6.41. The lowest BCUT2D eigenvalue weighted by Crippen LogP contribution is -2.02. The first-order valence-electron chi connectivity index (χ1n) is 3.46. The predicted molar refractivity (Wildman–Crippen MR) is 44.8 cm³/mol. The summed E-state index contributed by atoms with van der Waals surface area (Å²) >= 11 is 2.08. The van der Waals surface area contributed by atoms with Gasteiger partial charge in [-0.3, -0.25) is 0 Å². The largest absolute Gasteiger partial charge is 0.210 e. The average Bonchev–Trinajstić information content (AvgIpc) is 1.83. The lowest BCUT2D eigenvalue weighted by atomic mass is 9.70. The van der Waals surface area contributed by atoms with E-state index in [4.69, 9.17) is 0 Å². The molecule has 8 heavy (non-hydrogen) atoms. The van der Waals surface area contributed by atoms with Gasteiger partial charge in [0, 0.05) is 0 Å². The highest BCUT2D eigenvalue weighted by molar-refractivity contribution is 8.25. The Kier molecular flexibility index (Phi) is 5.84. The number of hydrogen-bond donors (Lipinski definition) is 0. The summed E-state index contributed by atoms with van der Waals surface area (Å²) in [4.78, 5) is 0. The fraction of sp³-hybridized carbons (Fsp3) is 1.00. The third-order valence-corrected chi connectivity index (χ3v) is 2.78. The van der Waals surface area contributed by atoms with Crippen molar-refractivity contribution in [2.75, 3.05) is 5.75 Å². The number of hydrogen-bond acceptors (Lipinski definition) is 1. The Morgan fingerprint density at radius 1 is 1.12 bits per heavy atom. The summed E-state index contributed by atoms with van der Waals surface area (Å²) in [6.45, 7) is 6.75. The van der Waals surface area contributed by atoms with Gasteiger partial charge in [-0.15, -0.1) is 0 Å². The van der Waals surface area contributed by atoms with Crippen molar-refractivity contribution < 1.29 is 0 Å². The molecular weight excluding hydrogens is 115 g/mol. The van der Waals surface area contributed by atoms with Crippen LogP contribution in [0.15, 0.2) is 0 Å². The maximum atomic E-state index is 2.26. The minimum absolute atomic E-state index is 0.917. The zero-order valence-corrected chi connectivity index (χ0v) is 6.92. The van der Waals surface area contributed by atoms with Crippen molar-refractivity contribution >= 4 is 17.6 Å². The SMILES string of the molecule is CCSB(CC)CC. The first-order chi connectivity index (χ1) is 3.85. The zero-order valence-electron chi connectivity index (χ0n) is 6.11. The first-order valence-corrected chi connectivity index (χ1v) is 4.51. The Hall–Kier alpha value is 0.415. The number of rotatable bonds is 4. The van der Waals surface area contributed by atoms with Crippen LogP contribution in [0.25, 0.3) is 0 Å². The minimum Gasteiger partial charge on any atom is -0.210 e. The molecule has 0 spiro atoms. The van der Waals surface area contributed by atoms with Crippen LogP contribution in [0.2, 0.25) is 12.6 Å². The highest BCUT2D eigenvalue weighted by Gasteiger charge is 2.05. The molecule has 0 nitrogen and oxygen atoms in total. The second-order valence-corrected chi connectivity index (χ2v) is 3.47. The standard InChI is InChI=1S/C6H15BS/c1-4-7(5-2)8-6-3/h4-6H2,1-3H3. The molecule has 0 aliphatic rings. The smallest absolute Gasteiger partial charge is 0.208 e. The van der Waals surface area contributed by atoms with E-state index in [1.54, 1.807) is 0 Å². The lowest BCUT2D eigenvalue weighted by Gasteiger charge is -2.03. The van der Waals surface area contributed by atoms with E-state index in [0.29, 0.717) is 0 Å². The molecule has 0 fully saturated rings. The lowest BCUT2D eigenvalue weighted by molar-refractivity contribution is 1.35. The molecule has 0 aromatic rings. The molecule has 2 heteroatoms. The molecule has 0 aliphatic carbocycles. The second kappa shape index (κ2) is 5.55. The average molecular weight is 130 g/mol. The molecule has 0 bridgehead atoms. The van der Waals surface area contributed by atoms with E-state index < -0.39 is 0 Å². The van der Waals surface area contributed by atoms with E-state index in [1.807, 2.05) is 0 Å². The summed E-state index contributed by atoms with van der Waals surface area (Å²) in [5.41, 5.74) is 0. The summed E-state index contributed by atoms with van der Waals surface area (Å²) in [5.74, 6) is 2.19. The van der Waals surface area contributed by atoms with Gasteiger partial charge in [-0.05, 0) is 5.75 Å². The van der Waals surface area contributed by atoms with Crippen LogP contribution in [0.5, 0.6) is 0 Å². The Morgan fingerprint density at radius 3 is 1.75 bits per heavy atom. The molecule has 0 aromatic carbocycles. The third kappa shape index (κ3) is 3.42. The van der Waals surface area contributed by atoms with Gasteiger partial charge in [0.05, 0.1) is 0 Å². The molecule has 0 aliphatic heterocycles. The van der Waals surface area contributed by atoms with Crippen LogP contribution in [0.3, 0.4) is 0 Å². The maximum Gasteiger partial charge on any atom is 0.208 e. The maximum absolute atomic E-state index is 2.26. The van der Waals surface area contributed by atoms with E-state index in [2.05, 4.69) is 32.4 Å². The summed E-state index contributed by atoms with van der Waals surface area (Å²) in [7, 11) is 0. The van der Waals surface area contributed by atoms with Gasteiger partial charge in [-0.1, -0.05) is 33.4 Å². The van der Waals surface area contributed by atoms with E-state index >= 15 is 0 Å². The monoisotopic (exact) mass is 130 g/mol. The molecule has 0 heterocycles. The van der Waals surface area contributed by atoms with E-state index in [9.17, 15) is 0 Å². The molecule has 0 aromatic heterocycles. The predicted octanol–water partition coefficient (Wildman–Crippen LogP) is 2.77. The molecule has 0 unspecified atom stereocenters. The second-order valence-electron chi connectivity index (χ2n) is 1.89. The van der Waals surface area contributed by atoms with Crippen molar-refractivity contribution in [3.63, 3.8) is 0 Å². The fourth-order valence-corrected chi connectivity index (χ4v) is 1.70. The van der Waals surface area contributed by atoms with Crippen LogP contribution < -0.4 is 0 Å². The quantitative estimate of drug-likeness (QED) is 0.527. The van der Waals surface area contributed by atoms with E-state index in [0.717, 1.165) is 5.99 Å². The topological polar surface area (TPSA) is 0 Å². The Labute approximate surface area is 57.4 Å². The summed E-state index contributed by atoms with van der Waals surface area (Å²) in [6, 6.07) is 0.